The monoisotopic (exact) mass is 377 g/mol. The first-order valence-electron chi connectivity index (χ1n) is 8.65. The zero-order chi connectivity index (χ0) is 18.8. The van der Waals surface area contributed by atoms with E-state index in [1.54, 1.807) is 30.3 Å². The van der Waals surface area contributed by atoms with Crippen molar-refractivity contribution < 1.29 is 4.79 Å². The van der Waals surface area contributed by atoms with E-state index in [2.05, 4.69) is 39.0 Å². The molecule has 1 amide bonds. The lowest BCUT2D eigenvalue weighted by Crippen LogP contribution is -2.11. The summed E-state index contributed by atoms with van der Waals surface area (Å²) in [6, 6.07) is 14.3. The zero-order valence-electron chi connectivity index (χ0n) is 14.6. The fraction of sp³-hybridized carbons (Fsp3) is 0.150. The molecule has 0 bridgehead atoms. The molecular weight excluding hydrogens is 358 g/mol. The summed E-state index contributed by atoms with van der Waals surface area (Å²) < 4.78 is 3.43. The number of nitrogens with one attached hydrogen (secondary N) is 1. The van der Waals surface area contributed by atoms with Crippen LogP contribution in [0.5, 0.6) is 0 Å². The van der Waals surface area contributed by atoms with Gasteiger partial charge in [0.25, 0.3) is 0 Å². The average molecular weight is 377 g/mol. The van der Waals surface area contributed by atoms with Crippen LogP contribution < -0.4 is 16.2 Å². The van der Waals surface area contributed by atoms with Gasteiger partial charge in [0.05, 0.1) is 11.3 Å². The molecule has 136 valence electrons. The van der Waals surface area contributed by atoms with Crippen molar-refractivity contribution in [1.82, 2.24) is 14.7 Å². The average Bonchev–Trinajstić information content (AvgIpc) is 3.52. The highest BCUT2D eigenvalue weighted by molar-refractivity contribution is 7.97. The molecule has 0 spiro atoms. The van der Waals surface area contributed by atoms with Crippen LogP contribution in [0.1, 0.15) is 23.2 Å². The van der Waals surface area contributed by atoms with E-state index in [4.69, 9.17) is 11.5 Å². The van der Waals surface area contributed by atoms with Crippen LogP contribution in [-0.4, -0.2) is 21.9 Å². The number of nitrogen functional groups attached to an aromatic ring is 1. The minimum Gasteiger partial charge on any atom is -0.383 e. The molecule has 4 rings (SSSR count). The lowest BCUT2D eigenvalue weighted by Gasteiger charge is -2.09. The van der Waals surface area contributed by atoms with Gasteiger partial charge in [-0.2, -0.15) is 0 Å². The number of hydrogen-bond donors (Lipinski definition) is 3. The summed E-state index contributed by atoms with van der Waals surface area (Å²) in [6.45, 7) is 0. The molecule has 0 atom stereocenters. The van der Waals surface area contributed by atoms with Gasteiger partial charge < -0.3 is 11.5 Å². The van der Waals surface area contributed by atoms with Crippen LogP contribution in [-0.2, 0) is 0 Å². The first kappa shape index (κ1) is 17.5. The highest BCUT2D eigenvalue weighted by Crippen LogP contribution is 2.30. The van der Waals surface area contributed by atoms with Crippen molar-refractivity contribution in [3.05, 3.63) is 60.4 Å². The number of benzene rings is 1. The zero-order valence-corrected chi connectivity index (χ0v) is 15.4. The summed E-state index contributed by atoms with van der Waals surface area (Å²) in [6.07, 6.45) is 5.72. The number of nitrogens with zero attached hydrogens (tertiary/aromatic N) is 2. The molecule has 1 fully saturated rings. The summed E-state index contributed by atoms with van der Waals surface area (Å²) in [5.74, 6) is -0.123. The molecule has 1 saturated carbocycles. The standard InChI is InChI=1S/C20H19N5OS/c21-19-17(18-8-3-13(10-23-18)20(22)26)9-14(11-24-19)12-1-6-16(7-2-12)27-25-15-4-5-15/h1-3,6-11,15,25H,4-5H2,(H2,21,24)(H2,22,26). The third kappa shape index (κ3) is 4.10. The Kier molecular flexibility index (Phi) is 4.79. The third-order valence-electron chi connectivity index (χ3n) is 4.35. The number of hydrogen-bond acceptors (Lipinski definition) is 6. The number of carbonyl (C=O) groups excluding carboxylic acids is 1. The van der Waals surface area contributed by atoms with Crippen molar-refractivity contribution in [3.63, 3.8) is 0 Å². The van der Waals surface area contributed by atoms with Crippen LogP contribution in [0.3, 0.4) is 0 Å². The molecule has 2 heterocycles. The van der Waals surface area contributed by atoms with Crippen LogP contribution in [0.15, 0.2) is 59.8 Å². The second kappa shape index (κ2) is 7.38. The van der Waals surface area contributed by atoms with Gasteiger partial charge in [0, 0.05) is 34.5 Å². The van der Waals surface area contributed by atoms with Gasteiger partial charge in [-0.1, -0.05) is 12.1 Å². The van der Waals surface area contributed by atoms with Gasteiger partial charge in [-0.3, -0.25) is 14.5 Å². The Bertz CT molecular complexity index is 969. The van der Waals surface area contributed by atoms with E-state index in [0.717, 1.165) is 16.7 Å². The van der Waals surface area contributed by atoms with Gasteiger partial charge in [-0.15, -0.1) is 0 Å². The molecule has 5 N–H and O–H groups in total. The first-order valence-corrected chi connectivity index (χ1v) is 9.46. The van der Waals surface area contributed by atoms with E-state index >= 15 is 0 Å². The summed E-state index contributed by atoms with van der Waals surface area (Å²) in [5, 5.41) is 0. The molecule has 27 heavy (non-hydrogen) atoms. The second-order valence-electron chi connectivity index (χ2n) is 6.47. The van der Waals surface area contributed by atoms with E-state index in [1.807, 2.05) is 6.07 Å². The molecule has 0 saturated heterocycles. The Morgan fingerprint density at radius 1 is 1.04 bits per heavy atom. The van der Waals surface area contributed by atoms with Crippen molar-refractivity contribution in [2.24, 2.45) is 5.73 Å². The maximum Gasteiger partial charge on any atom is 0.250 e. The van der Waals surface area contributed by atoms with Crippen molar-refractivity contribution >= 4 is 23.7 Å². The largest absolute Gasteiger partial charge is 0.383 e. The Morgan fingerprint density at radius 2 is 1.81 bits per heavy atom. The maximum absolute atomic E-state index is 11.2. The highest BCUT2D eigenvalue weighted by atomic mass is 32.2. The molecule has 1 aliphatic carbocycles. The topological polar surface area (TPSA) is 107 Å². The van der Waals surface area contributed by atoms with E-state index in [1.165, 1.54) is 23.9 Å². The number of rotatable bonds is 6. The molecule has 2 aromatic heterocycles. The summed E-state index contributed by atoms with van der Waals surface area (Å²) in [5.41, 5.74) is 15.0. The minimum absolute atomic E-state index is 0.356. The number of carbonyl (C=O) groups is 1. The summed E-state index contributed by atoms with van der Waals surface area (Å²) in [4.78, 5) is 21.0. The molecule has 3 aromatic rings. The van der Waals surface area contributed by atoms with Crippen LogP contribution in [0.2, 0.25) is 0 Å². The van der Waals surface area contributed by atoms with Crippen molar-refractivity contribution in [2.45, 2.75) is 23.8 Å². The molecule has 0 radical (unpaired) electrons. The number of anilines is 1. The van der Waals surface area contributed by atoms with Gasteiger partial charge in [-0.05, 0) is 60.7 Å². The van der Waals surface area contributed by atoms with Crippen LogP contribution >= 0.6 is 11.9 Å². The number of amides is 1. The van der Waals surface area contributed by atoms with Gasteiger partial charge in [0.15, 0.2) is 0 Å². The van der Waals surface area contributed by atoms with Gasteiger partial charge in [-0.25, -0.2) is 4.98 Å². The first-order chi connectivity index (χ1) is 13.1. The minimum atomic E-state index is -0.511. The predicted octanol–water partition coefficient (Wildman–Crippen LogP) is 3.25. The molecular formula is C20H19N5OS. The SMILES string of the molecule is NC(=O)c1ccc(-c2cc(-c3ccc(SNC4CC4)cc3)cnc2N)nc1. The number of primary amides is 1. The number of nitrogens with two attached hydrogens (primary N) is 2. The summed E-state index contributed by atoms with van der Waals surface area (Å²) in [7, 11) is 0. The van der Waals surface area contributed by atoms with Gasteiger partial charge in [0.2, 0.25) is 5.91 Å². The molecule has 0 unspecified atom stereocenters. The Balaban J connectivity index is 1.58. The highest BCUT2D eigenvalue weighted by Gasteiger charge is 2.20. The second-order valence-corrected chi connectivity index (χ2v) is 7.38. The van der Waals surface area contributed by atoms with Gasteiger partial charge in [0.1, 0.15) is 5.82 Å². The molecule has 0 aliphatic heterocycles. The summed E-state index contributed by atoms with van der Waals surface area (Å²) >= 11 is 1.67. The van der Waals surface area contributed by atoms with Crippen molar-refractivity contribution in [3.8, 4) is 22.4 Å². The van der Waals surface area contributed by atoms with E-state index in [9.17, 15) is 4.79 Å². The molecule has 1 aromatic carbocycles. The fourth-order valence-corrected chi connectivity index (χ4v) is 3.42. The van der Waals surface area contributed by atoms with E-state index in [-0.39, 0.29) is 0 Å². The van der Waals surface area contributed by atoms with Crippen LogP contribution in [0.25, 0.3) is 22.4 Å². The quantitative estimate of drug-likeness (QED) is 0.569. The lowest BCUT2D eigenvalue weighted by atomic mass is 10.0. The predicted molar refractivity (Wildman–Crippen MR) is 108 cm³/mol. The van der Waals surface area contributed by atoms with Crippen molar-refractivity contribution in [2.75, 3.05) is 5.73 Å². The van der Waals surface area contributed by atoms with Crippen molar-refractivity contribution in [1.29, 1.82) is 0 Å². The Morgan fingerprint density at radius 3 is 2.44 bits per heavy atom. The maximum atomic E-state index is 11.2. The van der Waals surface area contributed by atoms with E-state index < -0.39 is 5.91 Å². The smallest absolute Gasteiger partial charge is 0.250 e. The lowest BCUT2D eigenvalue weighted by molar-refractivity contribution is 0.1000. The number of pyridine rings is 2. The molecule has 6 nitrogen and oxygen atoms in total. The fourth-order valence-electron chi connectivity index (χ4n) is 2.61. The van der Waals surface area contributed by atoms with Crippen LogP contribution in [0, 0.1) is 0 Å². The third-order valence-corrected chi connectivity index (χ3v) is 5.31. The Labute approximate surface area is 161 Å². The van der Waals surface area contributed by atoms with Gasteiger partial charge >= 0.3 is 0 Å². The molecule has 1 aliphatic rings. The number of aromatic nitrogens is 2. The normalized spacial score (nSPS) is 13.5. The Hall–Kier alpha value is -2.90. The van der Waals surface area contributed by atoms with E-state index in [0.29, 0.717) is 23.1 Å². The molecule has 7 heteroatoms. The van der Waals surface area contributed by atoms with Crippen LogP contribution in [0.4, 0.5) is 5.82 Å².